The third-order valence-corrected chi connectivity index (χ3v) is 5.06. The number of carbonyl (C=O) groups is 2. The van der Waals surface area contributed by atoms with Crippen molar-refractivity contribution in [1.82, 2.24) is 9.88 Å². The third kappa shape index (κ3) is 4.51. The van der Waals surface area contributed by atoms with Gasteiger partial charge in [-0.3, -0.25) is 9.59 Å². The smallest absolute Gasteiger partial charge is 0.275 e. The van der Waals surface area contributed by atoms with Crippen LogP contribution in [0.4, 0.5) is 16.5 Å². The molecule has 1 fully saturated rings. The number of anilines is 3. The molecule has 3 rings (SSSR count). The Balaban J connectivity index is 1.78. The minimum absolute atomic E-state index is 0.224. The molecule has 7 nitrogen and oxygen atoms in total. The Morgan fingerprint density at radius 3 is 2.62 bits per heavy atom. The van der Waals surface area contributed by atoms with Gasteiger partial charge in [0.2, 0.25) is 5.91 Å². The number of carbonyl (C=O) groups excluding carboxylic acids is 2. The number of nitrogens with zero attached hydrogens (tertiary/aromatic N) is 3. The van der Waals surface area contributed by atoms with Crippen molar-refractivity contribution >= 4 is 51.3 Å². The summed E-state index contributed by atoms with van der Waals surface area (Å²) in [6, 6.07) is 5.49. The van der Waals surface area contributed by atoms with Crippen molar-refractivity contribution in [3.05, 3.63) is 34.3 Å². The topological polar surface area (TPSA) is 77.6 Å². The van der Waals surface area contributed by atoms with E-state index in [4.69, 9.17) is 11.6 Å². The standard InChI is InChI=1S/C17H20ClN5O2S/c1-11(24)19-17-21-14(10-26-17)16(25)20-13-9-12(18)3-4-15(13)23-7-5-22(2)6-8-23/h3-4,9-10H,5-8H2,1-2H3,(H,20,25)(H,19,21,24). The number of piperazine rings is 1. The summed E-state index contributed by atoms with van der Waals surface area (Å²) in [6.07, 6.45) is 0. The van der Waals surface area contributed by atoms with E-state index in [2.05, 4.69) is 32.5 Å². The molecule has 1 aliphatic rings. The SMILES string of the molecule is CC(=O)Nc1nc(C(=O)Nc2cc(Cl)ccc2N2CCN(C)CC2)cs1. The maximum atomic E-state index is 12.6. The second-order valence-electron chi connectivity index (χ2n) is 6.13. The zero-order valence-electron chi connectivity index (χ0n) is 14.6. The van der Waals surface area contributed by atoms with Crippen LogP contribution in [-0.2, 0) is 4.79 Å². The Morgan fingerprint density at radius 2 is 1.92 bits per heavy atom. The van der Waals surface area contributed by atoms with Crippen molar-refractivity contribution in [3.63, 3.8) is 0 Å². The highest BCUT2D eigenvalue weighted by atomic mass is 35.5. The molecule has 0 unspecified atom stereocenters. The fourth-order valence-electron chi connectivity index (χ4n) is 2.70. The number of rotatable bonds is 4. The second-order valence-corrected chi connectivity index (χ2v) is 7.42. The number of nitrogens with one attached hydrogen (secondary N) is 2. The van der Waals surface area contributed by atoms with E-state index in [9.17, 15) is 9.59 Å². The molecule has 2 aromatic rings. The number of benzene rings is 1. The normalized spacial score (nSPS) is 15.0. The maximum Gasteiger partial charge on any atom is 0.275 e. The summed E-state index contributed by atoms with van der Waals surface area (Å²) >= 11 is 7.34. The summed E-state index contributed by atoms with van der Waals surface area (Å²) in [5.74, 6) is -0.561. The van der Waals surface area contributed by atoms with Crippen LogP contribution in [0.25, 0.3) is 0 Å². The quantitative estimate of drug-likeness (QED) is 0.835. The molecule has 2 amide bonds. The van der Waals surface area contributed by atoms with Crippen LogP contribution >= 0.6 is 22.9 Å². The van der Waals surface area contributed by atoms with Gasteiger partial charge in [-0.15, -0.1) is 11.3 Å². The zero-order chi connectivity index (χ0) is 18.7. The molecule has 0 spiro atoms. The second kappa shape index (κ2) is 8.03. The lowest BCUT2D eigenvalue weighted by molar-refractivity contribution is -0.114. The molecule has 1 saturated heterocycles. The summed E-state index contributed by atoms with van der Waals surface area (Å²) in [5.41, 5.74) is 1.84. The fraction of sp³-hybridized carbons (Fsp3) is 0.353. The Bertz CT molecular complexity index is 817. The minimum Gasteiger partial charge on any atom is -0.367 e. The summed E-state index contributed by atoms with van der Waals surface area (Å²) in [7, 11) is 2.09. The predicted octanol–water partition coefficient (Wildman–Crippen LogP) is 2.76. The van der Waals surface area contributed by atoms with Gasteiger partial charge in [0.25, 0.3) is 5.91 Å². The maximum absolute atomic E-state index is 12.6. The van der Waals surface area contributed by atoms with Crippen molar-refractivity contribution in [1.29, 1.82) is 0 Å². The summed E-state index contributed by atoms with van der Waals surface area (Å²) < 4.78 is 0. The van der Waals surface area contributed by atoms with Crippen LogP contribution in [0.15, 0.2) is 23.6 Å². The minimum atomic E-state index is -0.338. The average Bonchev–Trinajstić information content (AvgIpc) is 3.04. The van der Waals surface area contributed by atoms with E-state index in [1.807, 2.05) is 12.1 Å². The van der Waals surface area contributed by atoms with Gasteiger partial charge in [0.05, 0.1) is 11.4 Å². The number of hydrogen-bond donors (Lipinski definition) is 2. The van der Waals surface area contributed by atoms with E-state index in [1.54, 1.807) is 11.4 Å². The first-order chi connectivity index (χ1) is 12.4. The number of likely N-dealkylation sites (N-methyl/N-ethyl adjacent to an activating group) is 1. The molecule has 0 atom stereocenters. The van der Waals surface area contributed by atoms with Crippen molar-refractivity contribution in [2.45, 2.75) is 6.92 Å². The van der Waals surface area contributed by atoms with Gasteiger partial charge in [-0.05, 0) is 25.2 Å². The molecule has 1 aliphatic heterocycles. The molecule has 2 N–H and O–H groups in total. The van der Waals surface area contributed by atoms with Crippen LogP contribution in [0.3, 0.4) is 0 Å². The van der Waals surface area contributed by atoms with Crippen molar-refractivity contribution in [2.75, 3.05) is 48.8 Å². The van der Waals surface area contributed by atoms with Crippen LogP contribution in [0.5, 0.6) is 0 Å². The molecule has 0 radical (unpaired) electrons. The van der Waals surface area contributed by atoms with Gasteiger partial charge in [-0.2, -0.15) is 0 Å². The number of amides is 2. The van der Waals surface area contributed by atoms with Gasteiger partial charge in [-0.25, -0.2) is 4.98 Å². The Morgan fingerprint density at radius 1 is 1.19 bits per heavy atom. The lowest BCUT2D eigenvalue weighted by Gasteiger charge is -2.35. The molecule has 9 heteroatoms. The third-order valence-electron chi connectivity index (χ3n) is 4.07. The van der Waals surface area contributed by atoms with Gasteiger partial charge in [0.1, 0.15) is 5.69 Å². The lowest BCUT2D eigenvalue weighted by atomic mass is 10.2. The van der Waals surface area contributed by atoms with Crippen LogP contribution in [0.2, 0.25) is 5.02 Å². The molecule has 138 valence electrons. The van der Waals surface area contributed by atoms with E-state index in [0.717, 1.165) is 31.9 Å². The predicted molar refractivity (Wildman–Crippen MR) is 106 cm³/mol. The molecular formula is C17H20ClN5O2S. The number of aromatic nitrogens is 1. The fourth-order valence-corrected chi connectivity index (χ4v) is 3.61. The average molecular weight is 394 g/mol. The van der Waals surface area contributed by atoms with Gasteiger partial charge in [0.15, 0.2) is 5.13 Å². The molecule has 0 bridgehead atoms. The number of thiazole rings is 1. The van der Waals surface area contributed by atoms with E-state index < -0.39 is 0 Å². The lowest BCUT2D eigenvalue weighted by Crippen LogP contribution is -2.44. The van der Waals surface area contributed by atoms with Crippen LogP contribution < -0.4 is 15.5 Å². The monoisotopic (exact) mass is 393 g/mol. The van der Waals surface area contributed by atoms with Gasteiger partial charge in [-0.1, -0.05) is 11.6 Å². The highest BCUT2D eigenvalue weighted by molar-refractivity contribution is 7.14. The largest absolute Gasteiger partial charge is 0.367 e. The molecule has 2 heterocycles. The summed E-state index contributed by atoms with van der Waals surface area (Å²) in [4.78, 5) is 32.3. The molecule has 1 aromatic heterocycles. The van der Waals surface area contributed by atoms with Gasteiger partial charge >= 0.3 is 0 Å². The van der Waals surface area contributed by atoms with E-state index in [-0.39, 0.29) is 17.5 Å². The first kappa shape index (κ1) is 18.6. The first-order valence-electron chi connectivity index (χ1n) is 8.20. The zero-order valence-corrected chi connectivity index (χ0v) is 16.2. The summed E-state index contributed by atoms with van der Waals surface area (Å²) in [5, 5.41) is 8.03. The number of hydrogen-bond acceptors (Lipinski definition) is 6. The van der Waals surface area contributed by atoms with Crippen LogP contribution in [0.1, 0.15) is 17.4 Å². The van der Waals surface area contributed by atoms with Gasteiger partial charge in [0, 0.05) is 43.5 Å². The molecule has 0 aliphatic carbocycles. The van der Waals surface area contributed by atoms with E-state index >= 15 is 0 Å². The Hall–Kier alpha value is -2.16. The Labute approximate surface area is 161 Å². The molecule has 1 aromatic carbocycles. The van der Waals surface area contributed by atoms with Crippen molar-refractivity contribution in [2.24, 2.45) is 0 Å². The number of halogens is 1. The van der Waals surface area contributed by atoms with E-state index in [0.29, 0.717) is 15.8 Å². The van der Waals surface area contributed by atoms with Crippen LogP contribution in [0, 0.1) is 0 Å². The van der Waals surface area contributed by atoms with Crippen molar-refractivity contribution in [3.8, 4) is 0 Å². The summed E-state index contributed by atoms with van der Waals surface area (Å²) in [6.45, 7) is 5.08. The molecular weight excluding hydrogens is 374 g/mol. The van der Waals surface area contributed by atoms with Crippen LogP contribution in [-0.4, -0.2) is 54.9 Å². The van der Waals surface area contributed by atoms with E-state index in [1.165, 1.54) is 18.3 Å². The Kier molecular flexibility index (Phi) is 5.75. The van der Waals surface area contributed by atoms with Gasteiger partial charge < -0.3 is 20.4 Å². The first-order valence-corrected chi connectivity index (χ1v) is 9.45. The van der Waals surface area contributed by atoms with Crippen molar-refractivity contribution < 1.29 is 9.59 Å². The highest BCUT2D eigenvalue weighted by Crippen LogP contribution is 2.30. The molecule has 0 saturated carbocycles. The highest BCUT2D eigenvalue weighted by Gasteiger charge is 2.19. The molecule has 26 heavy (non-hydrogen) atoms.